The molecule has 1 aromatic heterocycles. The van der Waals surface area contributed by atoms with Gasteiger partial charge >= 0.3 is 5.97 Å². The van der Waals surface area contributed by atoms with Crippen LogP contribution in [0.5, 0.6) is 5.75 Å². The van der Waals surface area contributed by atoms with E-state index in [0.717, 1.165) is 21.6 Å². The van der Waals surface area contributed by atoms with E-state index in [0.29, 0.717) is 24.1 Å². The number of nitrogens with one attached hydrogen (secondary N) is 7. The number of aromatic amines is 1. The predicted octanol–water partition coefficient (Wildman–Crippen LogP) is -1.64. The maximum atomic E-state index is 14.5. The number of nitrogens with zero attached hydrogens (tertiary/aromatic N) is 3. The number of carbonyl (C=O) groups is 8. The lowest BCUT2D eigenvalue weighted by atomic mass is 9.96. The highest BCUT2D eigenvalue weighted by atomic mass is 33.1. The number of aliphatic imine (C=N–C) groups is 1. The van der Waals surface area contributed by atoms with E-state index in [4.69, 9.17) is 17.2 Å². The molecule has 25 heteroatoms. The number of nitrogens with two attached hydrogens (primary N) is 3. The zero-order valence-electron chi connectivity index (χ0n) is 38.6. The highest BCUT2D eigenvalue weighted by Gasteiger charge is 2.41. The van der Waals surface area contributed by atoms with E-state index in [1.807, 2.05) is 0 Å². The van der Waals surface area contributed by atoms with Gasteiger partial charge in [0.1, 0.15) is 48.0 Å². The average Bonchev–Trinajstić information content (AvgIpc) is 4.01. The molecule has 9 atom stereocenters. The summed E-state index contributed by atoms with van der Waals surface area (Å²) in [7, 11) is 2.11. The van der Waals surface area contributed by atoms with Crippen molar-refractivity contribution in [1.82, 2.24) is 46.8 Å². The summed E-state index contributed by atoms with van der Waals surface area (Å²) in [6, 6.07) is -4.11. The second kappa shape index (κ2) is 26.5. The lowest BCUT2D eigenvalue weighted by Gasteiger charge is -2.32. The number of phenols is 1. The fourth-order valence-corrected chi connectivity index (χ4v) is 9.75. The maximum absolute atomic E-state index is 14.5. The first-order chi connectivity index (χ1) is 32.3. The molecule has 0 unspecified atom stereocenters. The minimum atomic E-state index is -1.40. The van der Waals surface area contributed by atoms with Crippen molar-refractivity contribution in [1.29, 1.82) is 0 Å². The van der Waals surface area contributed by atoms with Crippen LogP contribution in [0.1, 0.15) is 71.1 Å². The van der Waals surface area contributed by atoms with Crippen LogP contribution in [-0.2, 0) is 51.2 Å². The number of carboxylic acid groups (broad SMARTS) is 1. The number of phenolic OH excluding ortho intramolecular Hbond substituents is 1. The van der Waals surface area contributed by atoms with Crippen LogP contribution in [0, 0.1) is 11.8 Å². The van der Waals surface area contributed by atoms with Gasteiger partial charge < -0.3 is 69.2 Å². The Hall–Kier alpha value is -6.08. The Bertz CT molecular complexity index is 2090. The van der Waals surface area contributed by atoms with Gasteiger partial charge in [0.05, 0.1) is 12.4 Å². The Morgan fingerprint density at radius 3 is 2.09 bits per heavy atom. The van der Waals surface area contributed by atoms with Crippen LogP contribution in [0.25, 0.3) is 0 Å². The molecule has 2 fully saturated rings. The molecule has 1 aromatic carbocycles. The number of carbonyl (C=O) groups excluding carboxylic acids is 7. The normalized spacial score (nSPS) is 26.0. The fourth-order valence-electron chi connectivity index (χ4n) is 7.47. The SMILES string of the molecule is CC[C@H](C)[C@@H]1NC(=O)[C@@H](Cc2ccc(O)cc2)NC(=O)[C@H](C(C)C)NC(=O)[C@@H](CCCN=C(N)N)NC(=O)[C@H](N)CSSC[C@@H](C(=O)O)NC(=O)[C@@H]2CCCN2C(=O)[C@@H](Cc2cnc[nH]2)NC1=O. The first kappa shape index (κ1) is 54.5. The van der Waals surface area contributed by atoms with Gasteiger partial charge in [-0.2, -0.15) is 0 Å². The second-order valence-electron chi connectivity index (χ2n) is 17.2. The maximum Gasteiger partial charge on any atom is 0.327 e. The van der Waals surface area contributed by atoms with Crippen molar-refractivity contribution in [2.45, 2.75) is 121 Å². The molecule has 374 valence electrons. The van der Waals surface area contributed by atoms with Crippen LogP contribution in [0.2, 0.25) is 0 Å². The molecule has 0 radical (unpaired) electrons. The van der Waals surface area contributed by atoms with Gasteiger partial charge in [-0.1, -0.05) is 67.8 Å². The Morgan fingerprint density at radius 2 is 1.46 bits per heavy atom. The molecule has 4 rings (SSSR count). The van der Waals surface area contributed by atoms with Crippen LogP contribution in [0.15, 0.2) is 41.8 Å². The van der Waals surface area contributed by atoms with Gasteiger partial charge in [0, 0.05) is 49.3 Å². The molecule has 0 aliphatic carbocycles. The van der Waals surface area contributed by atoms with Gasteiger partial charge in [-0.15, -0.1) is 0 Å². The van der Waals surface area contributed by atoms with E-state index < -0.39 is 107 Å². The van der Waals surface area contributed by atoms with E-state index in [-0.39, 0.29) is 68.4 Å². The van der Waals surface area contributed by atoms with Crippen molar-refractivity contribution >= 4 is 74.9 Å². The number of rotatable bonds is 12. The molecule has 2 aliphatic heterocycles. The number of guanidine groups is 1. The molecule has 2 aromatic rings. The molecular weight excluding hydrogens is 923 g/mol. The molecule has 15 N–H and O–H groups in total. The van der Waals surface area contributed by atoms with Gasteiger partial charge in [-0.3, -0.25) is 38.6 Å². The first-order valence-corrected chi connectivity index (χ1v) is 24.9. The number of aromatic hydroxyl groups is 1. The van der Waals surface area contributed by atoms with E-state index in [9.17, 15) is 48.6 Å². The summed E-state index contributed by atoms with van der Waals surface area (Å²) in [6.07, 6.45) is 3.93. The Morgan fingerprint density at radius 1 is 0.824 bits per heavy atom. The van der Waals surface area contributed by atoms with Crippen LogP contribution < -0.4 is 49.1 Å². The molecule has 0 spiro atoms. The summed E-state index contributed by atoms with van der Waals surface area (Å²) in [5.41, 5.74) is 18.2. The molecule has 68 heavy (non-hydrogen) atoms. The van der Waals surface area contributed by atoms with Crippen LogP contribution >= 0.6 is 21.6 Å². The predicted molar refractivity (Wildman–Crippen MR) is 255 cm³/mol. The quantitative estimate of drug-likeness (QED) is 0.0491. The third-order valence-corrected chi connectivity index (χ3v) is 14.0. The van der Waals surface area contributed by atoms with Gasteiger partial charge in [0.2, 0.25) is 41.4 Å². The zero-order valence-corrected chi connectivity index (χ0v) is 40.2. The summed E-state index contributed by atoms with van der Waals surface area (Å²) < 4.78 is 0. The third-order valence-electron chi connectivity index (χ3n) is 11.6. The largest absolute Gasteiger partial charge is 0.508 e. The number of hydrogen-bond donors (Lipinski definition) is 12. The fraction of sp³-hybridized carbons (Fsp3) is 0.581. The molecule has 0 bridgehead atoms. The van der Waals surface area contributed by atoms with Crippen LogP contribution in [-0.4, -0.2) is 151 Å². The van der Waals surface area contributed by atoms with Crippen molar-refractivity contribution in [3.8, 4) is 5.75 Å². The number of imidazole rings is 1. The van der Waals surface area contributed by atoms with Crippen LogP contribution in [0.4, 0.5) is 0 Å². The smallest absolute Gasteiger partial charge is 0.327 e. The number of amides is 7. The molecule has 7 amide bonds. The average molecular weight is 988 g/mol. The Labute approximate surface area is 402 Å². The number of hydrogen-bond acceptors (Lipinski definition) is 14. The number of aliphatic carboxylic acids is 1. The van der Waals surface area contributed by atoms with Gasteiger partial charge in [-0.25, -0.2) is 9.78 Å². The molecule has 2 saturated heterocycles. The highest BCUT2D eigenvalue weighted by Crippen LogP contribution is 2.25. The van der Waals surface area contributed by atoms with Crippen molar-refractivity contribution in [2.24, 2.45) is 34.0 Å². The topological polar surface area (TPSA) is 372 Å². The lowest BCUT2D eigenvalue weighted by molar-refractivity contribution is -0.144. The number of carboxylic acids is 1. The number of H-pyrrole nitrogens is 1. The van der Waals surface area contributed by atoms with Gasteiger partial charge in [-0.05, 0) is 55.2 Å². The zero-order chi connectivity index (χ0) is 50.1. The number of aromatic nitrogens is 2. The van der Waals surface area contributed by atoms with Gasteiger partial charge in [0.25, 0.3) is 0 Å². The Kier molecular flexibility index (Phi) is 21.2. The third kappa shape index (κ3) is 16.3. The van der Waals surface area contributed by atoms with E-state index in [1.54, 1.807) is 39.8 Å². The van der Waals surface area contributed by atoms with E-state index in [2.05, 4.69) is 46.9 Å². The van der Waals surface area contributed by atoms with Crippen molar-refractivity contribution in [2.75, 3.05) is 24.6 Å². The first-order valence-electron chi connectivity index (χ1n) is 22.5. The summed E-state index contributed by atoms with van der Waals surface area (Å²) in [4.78, 5) is 123. The summed E-state index contributed by atoms with van der Waals surface area (Å²) in [5, 5.41) is 36.3. The van der Waals surface area contributed by atoms with Crippen molar-refractivity contribution < 1.29 is 48.6 Å². The van der Waals surface area contributed by atoms with Crippen molar-refractivity contribution in [3.63, 3.8) is 0 Å². The summed E-state index contributed by atoms with van der Waals surface area (Å²) in [5.74, 6) is -7.91. The molecule has 3 heterocycles. The van der Waals surface area contributed by atoms with E-state index in [1.165, 1.54) is 29.6 Å². The van der Waals surface area contributed by atoms with Gasteiger partial charge in [0.15, 0.2) is 5.96 Å². The minimum absolute atomic E-state index is 0.0209. The lowest BCUT2D eigenvalue weighted by Crippen LogP contribution is -2.62. The summed E-state index contributed by atoms with van der Waals surface area (Å²) >= 11 is 0. The molecular formula is C43H65N13O10S2. The van der Waals surface area contributed by atoms with Crippen molar-refractivity contribution in [3.05, 3.63) is 48.0 Å². The Balaban J connectivity index is 1.75. The minimum Gasteiger partial charge on any atom is -0.508 e. The highest BCUT2D eigenvalue weighted by molar-refractivity contribution is 8.76. The molecule has 0 saturated carbocycles. The van der Waals surface area contributed by atoms with E-state index >= 15 is 0 Å². The number of fused-ring (bicyclic) bond motifs is 1. The van der Waals surface area contributed by atoms with Crippen LogP contribution in [0.3, 0.4) is 0 Å². The second-order valence-corrected chi connectivity index (χ2v) is 19.7. The molecule has 2 aliphatic rings. The molecule has 23 nitrogen and oxygen atoms in total. The number of benzene rings is 1. The standard InChI is InChI=1S/C43H65N13O10S2/c1-5-23(4)34-40(63)52-30(17-25-18-47-21-49-25)41(64)56-15-7-9-32(56)38(61)53-31(42(65)66)20-68-67-19-27(44)35(58)50-28(8-6-14-48-43(45)46)36(59)54-33(22(2)3)39(62)51-29(37(60)55-34)16-24-10-12-26(57)13-11-24/h10-13,18,21-23,27-34,57H,5-9,14-17,19-20,44H2,1-4H3,(H,47,49)(H,50,58)(H,51,62)(H,52,63)(H,53,61)(H,54,59)(H,55,60)(H,65,66)(H4,45,46,48)/t23-,27+,28+,29+,30+,31-,32-,33-,34-/m0/s1. The summed E-state index contributed by atoms with van der Waals surface area (Å²) in [6.45, 7) is 7.11. The monoisotopic (exact) mass is 987 g/mol.